The molecule has 0 spiro atoms. The summed E-state index contributed by atoms with van der Waals surface area (Å²) in [4.78, 5) is 3.95. The van der Waals surface area contributed by atoms with Gasteiger partial charge in [-0.05, 0) is 46.7 Å². The van der Waals surface area contributed by atoms with Crippen LogP contribution in [0.2, 0.25) is 0 Å². The normalized spacial score (nSPS) is 16.8. The van der Waals surface area contributed by atoms with Gasteiger partial charge in [0.05, 0.1) is 26.1 Å². The summed E-state index contributed by atoms with van der Waals surface area (Å²) in [5, 5.41) is 0. The minimum atomic E-state index is -0.400. The van der Waals surface area contributed by atoms with E-state index in [2.05, 4.69) is 89.8 Å². The maximum atomic E-state index is 7.63. The molecule has 0 amide bonds. The van der Waals surface area contributed by atoms with Crippen LogP contribution >= 0.6 is 0 Å². The first-order valence-corrected chi connectivity index (χ1v) is 14.2. The first-order chi connectivity index (χ1) is 19.7. The second kappa shape index (κ2) is 16.3. The van der Waals surface area contributed by atoms with Crippen molar-refractivity contribution in [2.75, 3.05) is 33.0 Å². The minimum absolute atomic E-state index is 0. The zero-order chi connectivity index (χ0) is 27.7. The number of nitrogens with two attached hydrogens (primary N) is 1. The van der Waals surface area contributed by atoms with Crippen molar-refractivity contribution in [2.24, 2.45) is 5.73 Å². The van der Waals surface area contributed by atoms with Crippen molar-refractivity contribution < 1.29 is 29.8 Å². The van der Waals surface area contributed by atoms with Crippen LogP contribution in [-0.2, 0) is 20.4 Å². The SMILES string of the molecule is NCC1(c2cccc(-c3ccccc3)c2)CCOCC1.[AlH3].[C-]#[N+]C1(c2cccc(-c3ccccc3)c2)CCOCC1.[H-].[Li+]. The van der Waals surface area contributed by atoms with E-state index in [4.69, 9.17) is 21.8 Å². The van der Waals surface area contributed by atoms with Gasteiger partial charge in [-0.2, -0.15) is 0 Å². The predicted octanol–water partition coefficient (Wildman–Crippen LogP) is 3.57. The fraction of sp³-hybridized carbons (Fsp3) is 0.306. The van der Waals surface area contributed by atoms with Crippen LogP contribution in [0, 0.1) is 6.57 Å². The molecule has 2 saturated heterocycles. The van der Waals surface area contributed by atoms with Crippen LogP contribution in [0.25, 0.3) is 27.1 Å². The molecule has 212 valence electrons. The van der Waals surface area contributed by atoms with Gasteiger partial charge >= 0.3 is 18.9 Å². The van der Waals surface area contributed by atoms with E-state index in [1.807, 2.05) is 24.3 Å². The first kappa shape index (κ1) is 33.9. The van der Waals surface area contributed by atoms with Gasteiger partial charge in [0.25, 0.3) is 5.54 Å². The van der Waals surface area contributed by atoms with Crippen LogP contribution in [-0.4, -0.2) is 50.3 Å². The Balaban J connectivity index is 0.000000281. The molecule has 0 bridgehead atoms. The van der Waals surface area contributed by atoms with E-state index in [0.29, 0.717) is 19.8 Å². The minimum Gasteiger partial charge on any atom is -1.00 e. The molecular formula is C36H42AlLiN2O2. The van der Waals surface area contributed by atoms with Crippen LogP contribution < -0.4 is 24.6 Å². The third-order valence-electron chi connectivity index (χ3n) is 8.46. The topological polar surface area (TPSA) is 48.8 Å². The zero-order valence-electron chi connectivity index (χ0n) is 25.1. The third kappa shape index (κ3) is 7.85. The molecule has 4 nitrogen and oxygen atoms in total. The Morgan fingerprint density at radius 2 is 1.05 bits per heavy atom. The van der Waals surface area contributed by atoms with Gasteiger partial charge in [0, 0.05) is 30.7 Å². The van der Waals surface area contributed by atoms with Crippen LogP contribution in [0.5, 0.6) is 0 Å². The Labute approximate surface area is 275 Å². The number of nitrogens with zero attached hydrogens (tertiary/aromatic N) is 1. The van der Waals surface area contributed by atoms with Crippen molar-refractivity contribution in [1.29, 1.82) is 0 Å². The summed E-state index contributed by atoms with van der Waals surface area (Å²) in [6.45, 7) is 11.3. The van der Waals surface area contributed by atoms with E-state index in [0.717, 1.165) is 44.5 Å². The van der Waals surface area contributed by atoms with E-state index in [9.17, 15) is 0 Å². The Morgan fingerprint density at radius 1 is 0.619 bits per heavy atom. The molecule has 0 aromatic heterocycles. The number of hydrogen-bond donors (Lipinski definition) is 1. The van der Waals surface area contributed by atoms with Crippen molar-refractivity contribution in [3.8, 4) is 22.3 Å². The second-order valence-electron chi connectivity index (χ2n) is 10.7. The van der Waals surface area contributed by atoms with Gasteiger partial charge in [0.2, 0.25) is 0 Å². The van der Waals surface area contributed by atoms with Gasteiger partial charge in [-0.1, -0.05) is 103 Å². The Bertz CT molecular complexity index is 1420. The van der Waals surface area contributed by atoms with Gasteiger partial charge in [0.15, 0.2) is 17.4 Å². The molecule has 2 heterocycles. The van der Waals surface area contributed by atoms with Gasteiger partial charge < -0.3 is 21.5 Å². The number of benzene rings is 4. The van der Waals surface area contributed by atoms with Crippen molar-refractivity contribution in [1.82, 2.24) is 0 Å². The smallest absolute Gasteiger partial charge is 1.00 e. The Kier molecular flexibility index (Phi) is 13.1. The summed E-state index contributed by atoms with van der Waals surface area (Å²) >= 11 is 0. The Hall–Kier alpha value is -2.62. The summed E-state index contributed by atoms with van der Waals surface area (Å²) in [7, 11) is 0. The monoisotopic (exact) mass is 568 g/mol. The standard InChI is InChI=1S/C18H17NO.C18H21NO.Al.Li.4H/c1-19-18(10-12-20-13-11-18)17-9-5-8-16(14-17)15-6-3-2-4-7-15;19-14-18(9-11-20-12-10-18)17-8-4-7-16(13-17)15-5-2-1-3-6-15;;;;;;/h2-9,14H,10-13H2;1-8,13H,9-12,14,19H2;;;;;;/q;;;+1;;;;-1. The molecule has 4 aromatic carbocycles. The molecule has 0 saturated carbocycles. The van der Waals surface area contributed by atoms with Crippen LogP contribution in [0.4, 0.5) is 0 Å². The fourth-order valence-corrected chi connectivity index (χ4v) is 5.82. The van der Waals surface area contributed by atoms with Crippen LogP contribution in [0.15, 0.2) is 109 Å². The molecule has 2 aliphatic rings. The molecule has 2 aliphatic heterocycles. The molecule has 0 atom stereocenters. The molecule has 0 radical (unpaired) electrons. The Morgan fingerprint density at radius 3 is 1.52 bits per heavy atom. The zero-order valence-corrected chi connectivity index (χ0v) is 24.1. The van der Waals surface area contributed by atoms with E-state index in [1.165, 1.54) is 27.8 Å². The van der Waals surface area contributed by atoms with Crippen LogP contribution in [0.3, 0.4) is 0 Å². The van der Waals surface area contributed by atoms with Crippen molar-refractivity contribution in [3.63, 3.8) is 0 Å². The largest absolute Gasteiger partial charge is 1.00 e. The third-order valence-corrected chi connectivity index (χ3v) is 8.46. The molecule has 2 fully saturated rings. The quantitative estimate of drug-likeness (QED) is 0.296. The first-order valence-electron chi connectivity index (χ1n) is 14.2. The average molecular weight is 569 g/mol. The molecule has 6 rings (SSSR count). The fourth-order valence-electron chi connectivity index (χ4n) is 5.82. The molecular weight excluding hydrogens is 526 g/mol. The molecule has 0 unspecified atom stereocenters. The number of ether oxygens (including phenoxy) is 2. The molecule has 42 heavy (non-hydrogen) atoms. The van der Waals surface area contributed by atoms with Gasteiger partial charge in [0.1, 0.15) is 0 Å². The molecule has 2 N–H and O–H groups in total. The summed E-state index contributed by atoms with van der Waals surface area (Å²) in [5.41, 5.74) is 13.2. The second-order valence-corrected chi connectivity index (χ2v) is 10.7. The number of rotatable bonds is 5. The number of hydrogen-bond acceptors (Lipinski definition) is 3. The summed E-state index contributed by atoms with van der Waals surface area (Å²) < 4.78 is 10.9. The average Bonchev–Trinajstić information content (AvgIpc) is 3.06. The van der Waals surface area contributed by atoms with Gasteiger partial charge in [-0.15, -0.1) is 0 Å². The summed E-state index contributed by atoms with van der Waals surface area (Å²) in [6.07, 6.45) is 3.60. The van der Waals surface area contributed by atoms with E-state index >= 15 is 0 Å². The summed E-state index contributed by atoms with van der Waals surface area (Å²) in [6, 6.07) is 38.1. The van der Waals surface area contributed by atoms with Crippen molar-refractivity contribution in [2.45, 2.75) is 36.6 Å². The van der Waals surface area contributed by atoms with E-state index in [-0.39, 0.29) is 43.1 Å². The molecule has 0 aliphatic carbocycles. The van der Waals surface area contributed by atoms with Gasteiger partial charge in [-0.3, -0.25) is 0 Å². The molecule has 4 aromatic rings. The van der Waals surface area contributed by atoms with Crippen molar-refractivity contribution in [3.05, 3.63) is 132 Å². The van der Waals surface area contributed by atoms with E-state index < -0.39 is 5.54 Å². The van der Waals surface area contributed by atoms with Crippen LogP contribution in [0.1, 0.15) is 38.2 Å². The van der Waals surface area contributed by atoms with Crippen molar-refractivity contribution >= 4 is 17.4 Å². The maximum Gasteiger partial charge on any atom is 1.00 e. The maximum absolute atomic E-state index is 7.63. The van der Waals surface area contributed by atoms with Gasteiger partial charge in [-0.25, -0.2) is 6.57 Å². The summed E-state index contributed by atoms with van der Waals surface area (Å²) in [5.74, 6) is 0. The molecule has 6 heteroatoms. The van der Waals surface area contributed by atoms with E-state index in [1.54, 1.807) is 0 Å². The predicted molar refractivity (Wildman–Crippen MR) is 174 cm³/mol.